The first kappa shape index (κ1) is 13.6. The predicted molar refractivity (Wildman–Crippen MR) is 98.6 cm³/mol. The zero-order valence-corrected chi connectivity index (χ0v) is 13.0. The minimum atomic E-state index is 1.05. The molecule has 0 atom stereocenters. The molecule has 0 saturated heterocycles. The topological polar surface area (TPSA) is 0 Å². The highest BCUT2D eigenvalue weighted by molar-refractivity contribution is 5.98. The van der Waals surface area contributed by atoms with Gasteiger partial charge in [0.05, 0.1) is 0 Å². The van der Waals surface area contributed by atoms with Gasteiger partial charge >= 0.3 is 0 Å². The van der Waals surface area contributed by atoms with Crippen molar-refractivity contribution >= 4 is 21.5 Å². The molecule has 0 heterocycles. The second-order valence-corrected chi connectivity index (χ2v) is 5.88. The van der Waals surface area contributed by atoms with Crippen molar-refractivity contribution in [2.24, 2.45) is 0 Å². The van der Waals surface area contributed by atoms with Crippen LogP contribution in [-0.2, 0) is 0 Å². The van der Waals surface area contributed by atoms with Gasteiger partial charge in [-0.1, -0.05) is 59.9 Å². The van der Waals surface area contributed by atoms with Crippen LogP contribution in [0.5, 0.6) is 0 Å². The monoisotopic (exact) mass is 292 g/mol. The van der Waals surface area contributed by atoms with E-state index >= 15 is 0 Å². The maximum Gasteiger partial charge on any atom is 0.0255 e. The standard InChI is InChI=1S/C23H16/c1-17-6-8-18(9-7-17)10-11-19-12-13-22-15-20-4-2-3-5-21(20)16-23(22)14-19/h2-9,12-16H,1H3. The van der Waals surface area contributed by atoms with Crippen LogP contribution in [0.2, 0.25) is 0 Å². The molecule has 0 radical (unpaired) electrons. The van der Waals surface area contributed by atoms with E-state index in [1.165, 1.54) is 27.1 Å². The SMILES string of the molecule is Cc1ccc(C#Cc2ccc3cc4ccccc4cc3c2)cc1. The lowest BCUT2D eigenvalue weighted by Gasteiger charge is -2.02. The molecule has 0 nitrogen and oxygen atoms in total. The fraction of sp³-hybridized carbons (Fsp3) is 0.0435. The average Bonchev–Trinajstić information content (AvgIpc) is 2.59. The molecular weight excluding hydrogens is 276 g/mol. The van der Waals surface area contributed by atoms with Crippen molar-refractivity contribution < 1.29 is 0 Å². The Balaban J connectivity index is 1.76. The summed E-state index contributed by atoms with van der Waals surface area (Å²) in [6.45, 7) is 2.09. The minimum Gasteiger partial charge on any atom is -0.0617 e. The second kappa shape index (κ2) is 5.63. The molecular formula is C23H16. The first-order valence-corrected chi connectivity index (χ1v) is 7.79. The van der Waals surface area contributed by atoms with Crippen LogP contribution in [0.15, 0.2) is 78.9 Å². The molecule has 0 N–H and O–H groups in total. The predicted octanol–water partition coefficient (Wildman–Crippen LogP) is 5.70. The molecule has 0 heteroatoms. The number of hydrogen-bond acceptors (Lipinski definition) is 0. The molecule has 0 unspecified atom stereocenters. The number of rotatable bonds is 0. The molecule has 0 bridgehead atoms. The van der Waals surface area contributed by atoms with Gasteiger partial charge in [-0.2, -0.15) is 0 Å². The third-order valence-corrected chi connectivity index (χ3v) is 4.11. The summed E-state index contributed by atoms with van der Waals surface area (Å²) in [5.41, 5.74) is 3.36. The maximum absolute atomic E-state index is 3.27. The Morgan fingerprint density at radius 1 is 0.522 bits per heavy atom. The summed E-state index contributed by atoms with van der Waals surface area (Å²) >= 11 is 0. The zero-order chi connectivity index (χ0) is 15.6. The van der Waals surface area contributed by atoms with Crippen molar-refractivity contribution in [1.82, 2.24) is 0 Å². The van der Waals surface area contributed by atoms with E-state index in [1.54, 1.807) is 0 Å². The summed E-state index contributed by atoms with van der Waals surface area (Å²) in [4.78, 5) is 0. The van der Waals surface area contributed by atoms with Crippen LogP contribution in [0.25, 0.3) is 21.5 Å². The molecule has 0 saturated carbocycles. The van der Waals surface area contributed by atoms with E-state index in [2.05, 4.69) is 97.6 Å². The van der Waals surface area contributed by atoms with Crippen LogP contribution in [-0.4, -0.2) is 0 Å². The minimum absolute atomic E-state index is 1.05. The Kier molecular flexibility index (Phi) is 3.33. The molecule has 0 fully saturated rings. The fourth-order valence-corrected chi connectivity index (χ4v) is 2.80. The van der Waals surface area contributed by atoms with Crippen LogP contribution >= 0.6 is 0 Å². The van der Waals surface area contributed by atoms with E-state index in [4.69, 9.17) is 0 Å². The fourth-order valence-electron chi connectivity index (χ4n) is 2.80. The summed E-state index contributed by atoms with van der Waals surface area (Å²) in [5.74, 6) is 6.51. The molecule has 108 valence electrons. The Labute approximate surface area is 136 Å². The van der Waals surface area contributed by atoms with Crippen LogP contribution < -0.4 is 0 Å². The summed E-state index contributed by atoms with van der Waals surface area (Å²) in [5, 5.41) is 5.03. The van der Waals surface area contributed by atoms with E-state index in [0.29, 0.717) is 0 Å². The van der Waals surface area contributed by atoms with E-state index < -0.39 is 0 Å². The van der Waals surface area contributed by atoms with Gasteiger partial charge in [0.25, 0.3) is 0 Å². The molecule has 4 aromatic carbocycles. The Bertz CT molecular complexity index is 1060. The molecule has 0 aliphatic rings. The molecule has 0 spiro atoms. The largest absolute Gasteiger partial charge is 0.0617 e. The lowest BCUT2D eigenvalue weighted by atomic mass is 10.0. The summed E-state index contributed by atoms with van der Waals surface area (Å²) < 4.78 is 0. The normalized spacial score (nSPS) is 10.5. The van der Waals surface area contributed by atoms with Crippen LogP contribution in [0.3, 0.4) is 0 Å². The summed E-state index contributed by atoms with van der Waals surface area (Å²) in [6, 6.07) is 27.7. The first-order valence-electron chi connectivity index (χ1n) is 7.79. The zero-order valence-electron chi connectivity index (χ0n) is 13.0. The molecule has 0 aliphatic carbocycles. The van der Waals surface area contributed by atoms with Crippen molar-refractivity contribution in [2.75, 3.05) is 0 Å². The van der Waals surface area contributed by atoms with E-state index in [0.717, 1.165) is 11.1 Å². The number of hydrogen-bond donors (Lipinski definition) is 0. The van der Waals surface area contributed by atoms with Gasteiger partial charge in [-0.25, -0.2) is 0 Å². The van der Waals surface area contributed by atoms with Gasteiger partial charge in [-0.05, 0) is 64.9 Å². The van der Waals surface area contributed by atoms with Crippen molar-refractivity contribution in [3.05, 3.63) is 95.6 Å². The quantitative estimate of drug-likeness (QED) is 0.288. The van der Waals surface area contributed by atoms with E-state index in [1.807, 2.05) is 0 Å². The molecule has 4 rings (SSSR count). The lowest BCUT2D eigenvalue weighted by molar-refractivity contribution is 1.46. The Morgan fingerprint density at radius 3 is 1.83 bits per heavy atom. The lowest BCUT2D eigenvalue weighted by Crippen LogP contribution is -1.80. The smallest absolute Gasteiger partial charge is 0.0255 e. The number of aryl methyl sites for hydroxylation is 1. The number of fused-ring (bicyclic) bond motifs is 2. The second-order valence-electron chi connectivity index (χ2n) is 5.88. The third kappa shape index (κ3) is 2.82. The van der Waals surface area contributed by atoms with Gasteiger partial charge in [-0.15, -0.1) is 0 Å². The molecule has 0 aliphatic heterocycles. The van der Waals surface area contributed by atoms with Crippen molar-refractivity contribution in [1.29, 1.82) is 0 Å². The van der Waals surface area contributed by atoms with Crippen molar-refractivity contribution in [2.45, 2.75) is 6.92 Å². The first-order chi connectivity index (χ1) is 11.3. The summed E-state index contributed by atoms with van der Waals surface area (Å²) in [7, 11) is 0. The molecule has 4 aromatic rings. The van der Waals surface area contributed by atoms with Gasteiger partial charge in [-0.3, -0.25) is 0 Å². The van der Waals surface area contributed by atoms with Crippen LogP contribution in [0.4, 0.5) is 0 Å². The Morgan fingerprint density at radius 2 is 1.09 bits per heavy atom. The van der Waals surface area contributed by atoms with Crippen LogP contribution in [0.1, 0.15) is 16.7 Å². The highest BCUT2D eigenvalue weighted by Crippen LogP contribution is 2.23. The highest BCUT2D eigenvalue weighted by Gasteiger charge is 1.98. The van der Waals surface area contributed by atoms with Gasteiger partial charge in [0, 0.05) is 11.1 Å². The van der Waals surface area contributed by atoms with Crippen molar-refractivity contribution in [3.8, 4) is 11.8 Å². The number of benzene rings is 4. The third-order valence-electron chi connectivity index (χ3n) is 4.11. The molecule has 23 heavy (non-hydrogen) atoms. The summed E-state index contributed by atoms with van der Waals surface area (Å²) in [6.07, 6.45) is 0. The van der Waals surface area contributed by atoms with E-state index in [-0.39, 0.29) is 0 Å². The Hall–Kier alpha value is -3.04. The van der Waals surface area contributed by atoms with E-state index in [9.17, 15) is 0 Å². The van der Waals surface area contributed by atoms with Gasteiger partial charge in [0.15, 0.2) is 0 Å². The molecule has 0 amide bonds. The maximum atomic E-state index is 3.27. The van der Waals surface area contributed by atoms with Gasteiger partial charge in [0.1, 0.15) is 0 Å². The average molecular weight is 292 g/mol. The van der Waals surface area contributed by atoms with Gasteiger partial charge in [0.2, 0.25) is 0 Å². The van der Waals surface area contributed by atoms with Crippen molar-refractivity contribution in [3.63, 3.8) is 0 Å². The molecule has 0 aromatic heterocycles. The van der Waals surface area contributed by atoms with Crippen LogP contribution in [0, 0.1) is 18.8 Å². The highest BCUT2D eigenvalue weighted by atomic mass is 14.0. The van der Waals surface area contributed by atoms with Gasteiger partial charge < -0.3 is 0 Å².